The Bertz CT molecular complexity index is 1030. The van der Waals surface area contributed by atoms with Crippen molar-refractivity contribution in [3.63, 3.8) is 0 Å². The van der Waals surface area contributed by atoms with Crippen LogP contribution in [0.5, 0.6) is 0 Å². The van der Waals surface area contributed by atoms with E-state index >= 15 is 0 Å². The fraction of sp³-hybridized carbons (Fsp3) is 0.200. The van der Waals surface area contributed by atoms with Gasteiger partial charge >= 0.3 is 0 Å². The lowest BCUT2D eigenvalue weighted by atomic mass is 9.97. The molecular formula is C20H20N2O2S. The molecule has 0 saturated carbocycles. The molecule has 25 heavy (non-hydrogen) atoms. The molecule has 2 heterocycles. The lowest BCUT2D eigenvalue weighted by Crippen LogP contribution is -2.28. The van der Waals surface area contributed by atoms with Crippen LogP contribution in [0.1, 0.15) is 11.1 Å². The second-order valence-electron chi connectivity index (χ2n) is 6.43. The zero-order valence-electron chi connectivity index (χ0n) is 14.3. The first-order chi connectivity index (χ1) is 12.0. The molecule has 128 valence electrons. The fourth-order valence-corrected chi connectivity index (χ4v) is 4.64. The Kier molecular flexibility index (Phi) is 3.69. The van der Waals surface area contributed by atoms with E-state index in [4.69, 9.17) is 0 Å². The summed E-state index contributed by atoms with van der Waals surface area (Å²) in [5.41, 5.74) is 5.03. The monoisotopic (exact) mass is 352 g/mol. The summed E-state index contributed by atoms with van der Waals surface area (Å²) in [5.74, 6) is 0. The van der Waals surface area contributed by atoms with Crippen LogP contribution in [0.15, 0.2) is 65.7 Å². The highest BCUT2D eigenvalue weighted by Crippen LogP contribution is 2.39. The first kappa shape index (κ1) is 16.0. The Morgan fingerprint density at radius 3 is 2.52 bits per heavy atom. The number of hydrogen-bond acceptors (Lipinski definition) is 2. The van der Waals surface area contributed by atoms with Gasteiger partial charge in [0.25, 0.3) is 10.0 Å². The van der Waals surface area contributed by atoms with Crippen molar-refractivity contribution in [1.82, 2.24) is 4.57 Å². The summed E-state index contributed by atoms with van der Waals surface area (Å²) in [6.45, 7) is 2.87. The minimum Gasteiger partial charge on any atom is -0.347 e. The van der Waals surface area contributed by atoms with Gasteiger partial charge in [-0.15, -0.1) is 0 Å². The van der Waals surface area contributed by atoms with Gasteiger partial charge in [0.15, 0.2) is 0 Å². The van der Waals surface area contributed by atoms with E-state index in [1.54, 1.807) is 19.2 Å². The third kappa shape index (κ3) is 2.55. The molecule has 0 amide bonds. The first-order valence-corrected chi connectivity index (χ1v) is 9.75. The van der Waals surface area contributed by atoms with Crippen LogP contribution in [0.4, 0.5) is 5.69 Å². The molecule has 0 fully saturated rings. The largest absolute Gasteiger partial charge is 0.347 e. The lowest BCUT2D eigenvalue weighted by Gasteiger charge is -2.27. The fourth-order valence-electron chi connectivity index (χ4n) is 3.43. The van der Waals surface area contributed by atoms with Crippen LogP contribution in [0.25, 0.3) is 11.3 Å². The summed E-state index contributed by atoms with van der Waals surface area (Å²) in [6, 6.07) is 16.9. The maximum atomic E-state index is 13.1. The summed E-state index contributed by atoms with van der Waals surface area (Å²) in [4.78, 5) is 0.310. The Hall–Kier alpha value is -2.53. The quantitative estimate of drug-likeness (QED) is 0.719. The highest BCUT2D eigenvalue weighted by Gasteiger charge is 2.27. The average molecular weight is 352 g/mol. The Labute approximate surface area is 148 Å². The molecule has 2 aromatic carbocycles. The third-order valence-electron chi connectivity index (χ3n) is 4.86. The molecule has 0 saturated heterocycles. The zero-order valence-corrected chi connectivity index (χ0v) is 15.1. The Balaban J connectivity index is 1.85. The molecule has 0 unspecified atom stereocenters. The van der Waals surface area contributed by atoms with Crippen LogP contribution < -0.4 is 4.31 Å². The van der Waals surface area contributed by atoms with Crippen molar-refractivity contribution in [1.29, 1.82) is 0 Å². The molecule has 1 aromatic heterocycles. The van der Waals surface area contributed by atoms with Crippen molar-refractivity contribution in [2.75, 3.05) is 11.4 Å². The highest BCUT2D eigenvalue weighted by molar-refractivity contribution is 7.92. The van der Waals surface area contributed by atoms with Crippen molar-refractivity contribution >= 4 is 15.7 Å². The van der Waals surface area contributed by atoms with Crippen LogP contribution in [-0.2, 0) is 23.0 Å². The van der Waals surface area contributed by atoms with Gasteiger partial charge in [-0.2, -0.15) is 0 Å². The van der Waals surface area contributed by atoms with E-state index in [0.29, 0.717) is 4.90 Å². The molecule has 4 rings (SSSR count). The molecule has 0 N–H and O–H groups in total. The number of aromatic nitrogens is 1. The van der Waals surface area contributed by atoms with Gasteiger partial charge in [0.1, 0.15) is 0 Å². The maximum Gasteiger partial charge on any atom is 0.264 e. The first-order valence-electron chi connectivity index (χ1n) is 8.31. The van der Waals surface area contributed by atoms with Crippen molar-refractivity contribution in [3.8, 4) is 11.3 Å². The molecule has 1 aliphatic rings. The van der Waals surface area contributed by atoms with Crippen molar-refractivity contribution < 1.29 is 8.42 Å². The second-order valence-corrected chi connectivity index (χ2v) is 8.40. The van der Waals surface area contributed by atoms with Gasteiger partial charge < -0.3 is 4.57 Å². The van der Waals surface area contributed by atoms with E-state index in [2.05, 4.69) is 10.6 Å². The zero-order chi connectivity index (χ0) is 17.6. The van der Waals surface area contributed by atoms with Gasteiger partial charge in [-0.25, -0.2) is 8.42 Å². The summed E-state index contributed by atoms with van der Waals surface area (Å²) in [5, 5.41) is 0. The minimum absolute atomic E-state index is 0.310. The molecular weight excluding hydrogens is 332 g/mol. The molecule has 1 aliphatic heterocycles. The predicted octanol–water partition coefficient (Wildman–Crippen LogP) is 3.84. The maximum absolute atomic E-state index is 13.1. The van der Waals surface area contributed by atoms with E-state index < -0.39 is 10.0 Å². The third-order valence-corrected chi connectivity index (χ3v) is 6.64. The Morgan fingerprint density at radius 1 is 1.00 bits per heavy atom. The smallest absolute Gasteiger partial charge is 0.264 e. The van der Waals surface area contributed by atoms with Gasteiger partial charge in [-0.3, -0.25) is 4.31 Å². The van der Waals surface area contributed by atoms with Crippen LogP contribution in [0, 0.1) is 6.92 Å². The number of benzene rings is 2. The number of rotatable bonds is 3. The van der Waals surface area contributed by atoms with Gasteiger partial charge in [0, 0.05) is 25.4 Å². The SMILES string of the molecule is Cc1ccc(S(=O)(=O)N(C)c2cccc3c2-c2cccn2CC3)cc1. The molecule has 0 aliphatic carbocycles. The number of fused-ring (bicyclic) bond motifs is 3. The number of sulfonamides is 1. The van der Waals surface area contributed by atoms with Gasteiger partial charge in [0.2, 0.25) is 0 Å². The number of anilines is 1. The van der Waals surface area contributed by atoms with Crippen molar-refractivity contribution in [2.24, 2.45) is 0 Å². The number of aryl methyl sites for hydroxylation is 3. The van der Waals surface area contributed by atoms with Crippen LogP contribution in [-0.4, -0.2) is 20.0 Å². The topological polar surface area (TPSA) is 42.3 Å². The van der Waals surface area contributed by atoms with Crippen molar-refractivity contribution in [2.45, 2.75) is 24.8 Å². The molecule has 0 radical (unpaired) electrons. The van der Waals surface area contributed by atoms with Gasteiger partial charge in [-0.1, -0.05) is 29.8 Å². The van der Waals surface area contributed by atoms with Gasteiger partial charge in [-0.05, 0) is 49.2 Å². The van der Waals surface area contributed by atoms with E-state index in [1.165, 1.54) is 9.87 Å². The van der Waals surface area contributed by atoms with E-state index in [0.717, 1.165) is 35.5 Å². The predicted molar refractivity (Wildman–Crippen MR) is 100 cm³/mol. The highest BCUT2D eigenvalue weighted by atomic mass is 32.2. The summed E-state index contributed by atoms with van der Waals surface area (Å²) in [6.07, 6.45) is 2.95. The van der Waals surface area contributed by atoms with E-state index in [1.807, 2.05) is 49.5 Å². The van der Waals surface area contributed by atoms with Crippen LogP contribution in [0.3, 0.4) is 0 Å². The molecule has 4 nitrogen and oxygen atoms in total. The molecule has 3 aromatic rings. The number of hydrogen-bond donors (Lipinski definition) is 0. The Morgan fingerprint density at radius 2 is 1.76 bits per heavy atom. The van der Waals surface area contributed by atoms with E-state index in [9.17, 15) is 8.42 Å². The van der Waals surface area contributed by atoms with Crippen LogP contribution >= 0.6 is 0 Å². The average Bonchev–Trinajstić information content (AvgIpc) is 3.10. The van der Waals surface area contributed by atoms with E-state index in [-0.39, 0.29) is 0 Å². The normalized spacial score (nSPS) is 13.2. The summed E-state index contributed by atoms with van der Waals surface area (Å²) in [7, 11) is -1.97. The molecule has 5 heteroatoms. The molecule has 0 spiro atoms. The van der Waals surface area contributed by atoms with Crippen LogP contribution in [0.2, 0.25) is 0 Å². The summed E-state index contributed by atoms with van der Waals surface area (Å²) >= 11 is 0. The number of nitrogens with zero attached hydrogens (tertiary/aromatic N) is 2. The standard InChI is InChI=1S/C20H20N2O2S/c1-15-8-10-17(11-9-15)25(23,24)21(2)18-6-3-5-16-12-14-22-13-4-7-19(22)20(16)18/h3-11,13H,12,14H2,1-2H3. The second kappa shape index (κ2) is 5.77. The minimum atomic E-state index is -3.60. The van der Waals surface area contributed by atoms with Gasteiger partial charge in [0.05, 0.1) is 16.3 Å². The molecule has 0 bridgehead atoms. The summed E-state index contributed by atoms with van der Waals surface area (Å²) < 4.78 is 29.8. The van der Waals surface area contributed by atoms with Crippen molar-refractivity contribution in [3.05, 3.63) is 71.9 Å². The lowest BCUT2D eigenvalue weighted by molar-refractivity contribution is 0.594. The molecule has 0 atom stereocenters.